The molecular weight excluding hydrogens is 302 g/mol. The standard InChI is InChI=1S/C20H27NO3/c1-7-11-21-17(10-4)19(23)14-18(22)16(9-3)13-20(15(5)6)24-12-8-2/h7,9-11,13H,1,3,8,12,14H2,2,4-6H3/b16-13+,17-10-,21-11?. The van der Waals surface area contributed by atoms with Crippen molar-refractivity contribution in [3.8, 4) is 0 Å². The molecule has 0 rings (SSSR count). The van der Waals surface area contributed by atoms with E-state index in [1.807, 2.05) is 20.8 Å². The number of ketones is 2. The zero-order valence-corrected chi connectivity index (χ0v) is 15.1. The highest BCUT2D eigenvalue weighted by Gasteiger charge is 2.16. The van der Waals surface area contributed by atoms with Crippen LogP contribution in [0.5, 0.6) is 0 Å². The van der Waals surface area contributed by atoms with Gasteiger partial charge in [0.1, 0.15) is 11.5 Å². The van der Waals surface area contributed by atoms with E-state index in [1.165, 1.54) is 18.4 Å². The molecule has 0 aromatic carbocycles. The van der Waals surface area contributed by atoms with Gasteiger partial charge in [0.2, 0.25) is 0 Å². The maximum atomic E-state index is 12.4. The van der Waals surface area contributed by atoms with E-state index < -0.39 is 0 Å². The summed E-state index contributed by atoms with van der Waals surface area (Å²) in [5.41, 5.74) is 1.53. The first kappa shape index (κ1) is 21.5. The Labute approximate surface area is 145 Å². The predicted octanol–water partition coefficient (Wildman–Crippen LogP) is 4.51. The quantitative estimate of drug-likeness (QED) is 0.184. The summed E-state index contributed by atoms with van der Waals surface area (Å²) in [5, 5.41) is 0. The molecule has 0 fully saturated rings. The fourth-order valence-corrected chi connectivity index (χ4v) is 1.72. The van der Waals surface area contributed by atoms with Crippen LogP contribution in [-0.4, -0.2) is 24.4 Å². The summed E-state index contributed by atoms with van der Waals surface area (Å²) in [6, 6.07) is 0. The molecule has 0 spiro atoms. The maximum absolute atomic E-state index is 12.4. The summed E-state index contributed by atoms with van der Waals surface area (Å²) < 4.78 is 5.63. The van der Waals surface area contributed by atoms with Crippen LogP contribution in [0.4, 0.5) is 0 Å². The van der Waals surface area contributed by atoms with Crippen LogP contribution in [0.15, 0.2) is 65.1 Å². The fraction of sp³-hybridized carbons (Fsp3) is 0.350. The van der Waals surface area contributed by atoms with Crippen LogP contribution in [0, 0.1) is 0 Å². The van der Waals surface area contributed by atoms with E-state index in [4.69, 9.17) is 4.74 Å². The molecule has 0 aliphatic heterocycles. The number of hydrogen-bond acceptors (Lipinski definition) is 4. The van der Waals surface area contributed by atoms with Gasteiger partial charge >= 0.3 is 0 Å². The van der Waals surface area contributed by atoms with E-state index in [0.717, 1.165) is 12.0 Å². The van der Waals surface area contributed by atoms with Crippen LogP contribution in [-0.2, 0) is 14.3 Å². The summed E-state index contributed by atoms with van der Waals surface area (Å²) >= 11 is 0. The SMILES string of the molecule is C=CC=N/C(=C\C)C(=O)CC(=O)/C(C=C)=C/C(OCCC)=C(C)C. The largest absolute Gasteiger partial charge is 0.494 e. The van der Waals surface area contributed by atoms with Gasteiger partial charge < -0.3 is 4.74 Å². The first-order valence-electron chi connectivity index (χ1n) is 7.93. The van der Waals surface area contributed by atoms with Crippen LogP contribution in [0.1, 0.15) is 40.5 Å². The van der Waals surface area contributed by atoms with Gasteiger partial charge in [-0.05, 0) is 38.8 Å². The topological polar surface area (TPSA) is 55.7 Å². The van der Waals surface area contributed by atoms with E-state index >= 15 is 0 Å². The van der Waals surface area contributed by atoms with Crippen LogP contribution >= 0.6 is 0 Å². The Balaban J connectivity index is 5.29. The molecule has 0 saturated heterocycles. The highest BCUT2D eigenvalue weighted by Crippen LogP contribution is 2.14. The van der Waals surface area contributed by atoms with Gasteiger partial charge in [-0.15, -0.1) is 0 Å². The van der Waals surface area contributed by atoms with E-state index in [1.54, 1.807) is 19.1 Å². The maximum Gasteiger partial charge on any atom is 0.188 e. The number of allylic oxidation sites excluding steroid dienone is 7. The van der Waals surface area contributed by atoms with Gasteiger partial charge in [0, 0.05) is 11.8 Å². The average Bonchev–Trinajstić information content (AvgIpc) is 2.55. The second-order valence-electron chi connectivity index (χ2n) is 5.23. The smallest absolute Gasteiger partial charge is 0.188 e. The Morgan fingerprint density at radius 3 is 2.29 bits per heavy atom. The fourth-order valence-electron chi connectivity index (χ4n) is 1.72. The van der Waals surface area contributed by atoms with Crippen molar-refractivity contribution in [2.24, 2.45) is 4.99 Å². The van der Waals surface area contributed by atoms with Crippen molar-refractivity contribution < 1.29 is 14.3 Å². The van der Waals surface area contributed by atoms with Gasteiger partial charge in [-0.1, -0.05) is 38.3 Å². The lowest BCUT2D eigenvalue weighted by Gasteiger charge is -2.09. The zero-order valence-electron chi connectivity index (χ0n) is 15.1. The summed E-state index contributed by atoms with van der Waals surface area (Å²) in [6.07, 6.45) is 8.13. The van der Waals surface area contributed by atoms with Gasteiger partial charge in [-0.25, -0.2) is 0 Å². The first-order chi connectivity index (χ1) is 11.4. The number of carbonyl (C=O) groups is 2. The first-order valence-corrected chi connectivity index (χ1v) is 7.93. The van der Waals surface area contributed by atoms with Gasteiger partial charge in [0.15, 0.2) is 11.6 Å². The lowest BCUT2D eigenvalue weighted by Crippen LogP contribution is -2.11. The lowest BCUT2D eigenvalue weighted by atomic mass is 10.0. The van der Waals surface area contributed by atoms with E-state index in [0.29, 0.717) is 17.9 Å². The van der Waals surface area contributed by atoms with Crippen LogP contribution < -0.4 is 0 Å². The highest BCUT2D eigenvalue weighted by atomic mass is 16.5. The molecule has 4 nitrogen and oxygen atoms in total. The Hall–Kier alpha value is -2.49. The van der Waals surface area contributed by atoms with Crippen molar-refractivity contribution in [3.05, 3.63) is 60.1 Å². The Kier molecular flexibility index (Phi) is 10.8. The number of carbonyl (C=O) groups excluding carboxylic acids is 2. The van der Waals surface area contributed by atoms with Crippen LogP contribution in [0.3, 0.4) is 0 Å². The van der Waals surface area contributed by atoms with Crippen LogP contribution in [0.25, 0.3) is 0 Å². The minimum absolute atomic E-state index is 0.233. The normalized spacial score (nSPS) is 12.0. The van der Waals surface area contributed by atoms with Crippen molar-refractivity contribution in [1.82, 2.24) is 0 Å². The Morgan fingerprint density at radius 2 is 1.83 bits per heavy atom. The molecule has 24 heavy (non-hydrogen) atoms. The summed E-state index contributed by atoms with van der Waals surface area (Å²) in [7, 11) is 0. The number of aliphatic imine (C=N–C) groups is 1. The van der Waals surface area contributed by atoms with Gasteiger partial charge in [-0.3, -0.25) is 14.6 Å². The number of rotatable bonds is 11. The molecule has 0 amide bonds. The van der Waals surface area contributed by atoms with Crippen LogP contribution in [0.2, 0.25) is 0 Å². The minimum atomic E-state index is -0.346. The third kappa shape index (κ3) is 7.68. The molecular formula is C20H27NO3. The molecule has 0 atom stereocenters. The summed E-state index contributed by atoms with van der Waals surface area (Å²) in [5.74, 6) is -0.0351. The second-order valence-corrected chi connectivity index (χ2v) is 5.23. The number of ether oxygens (including phenoxy) is 1. The monoisotopic (exact) mass is 329 g/mol. The van der Waals surface area contributed by atoms with E-state index in [9.17, 15) is 9.59 Å². The van der Waals surface area contributed by atoms with Gasteiger partial charge in [0.25, 0.3) is 0 Å². The summed E-state index contributed by atoms with van der Waals surface area (Å²) in [4.78, 5) is 28.5. The molecule has 0 heterocycles. The third-order valence-corrected chi connectivity index (χ3v) is 2.98. The van der Waals surface area contributed by atoms with Crippen molar-refractivity contribution >= 4 is 17.8 Å². The van der Waals surface area contributed by atoms with Crippen molar-refractivity contribution in [2.45, 2.75) is 40.5 Å². The molecule has 0 radical (unpaired) electrons. The Morgan fingerprint density at radius 1 is 1.17 bits per heavy atom. The molecule has 130 valence electrons. The van der Waals surface area contributed by atoms with Crippen molar-refractivity contribution in [1.29, 1.82) is 0 Å². The van der Waals surface area contributed by atoms with Gasteiger partial charge in [0.05, 0.1) is 13.0 Å². The van der Waals surface area contributed by atoms with Crippen molar-refractivity contribution in [3.63, 3.8) is 0 Å². The molecule has 4 heteroatoms. The molecule has 0 aliphatic carbocycles. The molecule has 0 N–H and O–H groups in total. The lowest BCUT2D eigenvalue weighted by molar-refractivity contribution is -0.122. The van der Waals surface area contributed by atoms with Gasteiger partial charge in [-0.2, -0.15) is 0 Å². The molecule has 0 aromatic rings. The number of nitrogens with zero attached hydrogens (tertiary/aromatic N) is 1. The Bertz CT molecular complexity index is 600. The van der Waals surface area contributed by atoms with E-state index in [2.05, 4.69) is 18.2 Å². The second kappa shape index (κ2) is 12.0. The average molecular weight is 329 g/mol. The molecule has 0 aliphatic rings. The summed E-state index contributed by atoms with van der Waals surface area (Å²) in [6.45, 7) is 15.2. The highest BCUT2D eigenvalue weighted by molar-refractivity contribution is 6.14. The predicted molar refractivity (Wildman–Crippen MR) is 100.0 cm³/mol. The zero-order chi connectivity index (χ0) is 18.5. The molecule has 0 unspecified atom stereocenters. The van der Waals surface area contributed by atoms with E-state index in [-0.39, 0.29) is 23.7 Å². The molecule has 0 aromatic heterocycles. The molecule has 0 bridgehead atoms. The molecule has 0 saturated carbocycles. The van der Waals surface area contributed by atoms with Crippen molar-refractivity contribution in [2.75, 3.05) is 6.61 Å². The third-order valence-electron chi connectivity index (χ3n) is 2.98. The number of hydrogen-bond donors (Lipinski definition) is 0. The number of Topliss-reactive ketones (excluding diaryl/α,β-unsaturated/α-hetero) is 2. The minimum Gasteiger partial charge on any atom is -0.494 e.